The summed E-state index contributed by atoms with van der Waals surface area (Å²) in [5.41, 5.74) is 7.39. The number of aromatic nitrogens is 1. The average Bonchev–Trinajstić information content (AvgIpc) is 2.47. The third-order valence-corrected chi connectivity index (χ3v) is 4.08. The van der Waals surface area contributed by atoms with E-state index >= 15 is 0 Å². The first-order chi connectivity index (χ1) is 9.65. The Kier molecular flexibility index (Phi) is 5.38. The van der Waals surface area contributed by atoms with E-state index in [0.717, 1.165) is 38.2 Å². The summed E-state index contributed by atoms with van der Waals surface area (Å²) in [7, 11) is 0. The molecule has 2 N–H and O–H groups in total. The molecular weight excluding hydrogens is 250 g/mol. The SMILES string of the molecule is CCC(N)Cc1cccnc1N1CC(C)OCC1CC. The Morgan fingerprint density at radius 2 is 2.30 bits per heavy atom. The van der Waals surface area contributed by atoms with Crippen molar-refractivity contribution in [2.45, 2.75) is 58.2 Å². The molecule has 1 aromatic heterocycles. The fraction of sp³-hybridized carbons (Fsp3) is 0.688. The van der Waals surface area contributed by atoms with Crippen molar-refractivity contribution in [1.29, 1.82) is 0 Å². The molecule has 0 spiro atoms. The summed E-state index contributed by atoms with van der Waals surface area (Å²) in [6.45, 7) is 8.15. The third kappa shape index (κ3) is 3.49. The lowest BCUT2D eigenvalue weighted by molar-refractivity contribution is 0.0295. The quantitative estimate of drug-likeness (QED) is 0.897. The second kappa shape index (κ2) is 7.04. The van der Waals surface area contributed by atoms with E-state index in [-0.39, 0.29) is 12.1 Å². The minimum absolute atomic E-state index is 0.205. The molecule has 2 rings (SSSR count). The van der Waals surface area contributed by atoms with Gasteiger partial charge in [-0.15, -0.1) is 0 Å². The van der Waals surface area contributed by atoms with E-state index < -0.39 is 0 Å². The summed E-state index contributed by atoms with van der Waals surface area (Å²) in [5, 5.41) is 0. The molecule has 1 aliphatic heterocycles. The molecule has 4 heteroatoms. The van der Waals surface area contributed by atoms with Crippen LogP contribution in [0.25, 0.3) is 0 Å². The second-order valence-corrected chi connectivity index (χ2v) is 5.72. The summed E-state index contributed by atoms with van der Waals surface area (Å²) in [5.74, 6) is 1.10. The van der Waals surface area contributed by atoms with Crippen LogP contribution in [0.2, 0.25) is 0 Å². The number of nitrogens with zero attached hydrogens (tertiary/aromatic N) is 2. The van der Waals surface area contributed by atoms with E-state index in [4.69, 9.17) is 10.5 Å². The molecule has 1 fully saturated rings. The molecule has 2 heterocycles. The van der Waals surface area contributed by atoms with Crippen molar-refractivity contribution in [2.24, 2.45) is 5.73 Å². The van der Waals surface area contributed by atoms with Crippen LogP contribution < -0.4 is 10.6 Å². The Morgan fingerprint density at radius 1 is 1.50 bits per heavy atom. The standard InChI is InChI=1S/C16H27N3O/c1-4-14(17)9-13-7-6-8-18-16(13)19-10-12(3)20-11-15(19)5-2/h6-8,12,14-15H,4-5,9-11,17H2,1-3H3. The van der Waals surface area contributed by atoms with Crippen LogP contribution in [-0.4, -0.2) is 36.3 Å². The molecule has 3 unspecified atom stereocenters. The van der Waals surface area contributed by atoms with Crippen LogP contribution in [0.4, 0.5) is 5.82 Å². The van der Waals surface area contributed by atoms with Gasteiger partial charge in [-0.1, -0.05) is 19.9 Å². The first-order valence-corrected chi connectivity index (χ1v) is 7.73. The topological polar surface area (TPSA) is 51.4 Å². The molecule has 0 amide bonds. The van der Waals surface area contributed by atoms with Crippen LogP contribution in [0.3, 0.4) is 0 Å². The van der Waals surface area contributed by atoms with Crippen molar-refractivity contribution < 1.29 is 4.74 Å². The molecule has 0 saturated carbocycles. The van der Waals surface area contributed by atoms with E-state index in [9.17, 15) is 0 Å². The fourth-order valence-electron chi connectivity index (χ4n) is 2.72. The van der Waals surface area contributed by atoms with Crippen LogP contribution in [0, 0.1) is 0 Å². The van der Waals surface area contributed by atoms with Gasteiger partial charge >= 0.3 is 0 Å². The van der Waals surface area contributed by atoms with Crippen molar-refractivity contribution in [3.8, 4) is 0 Å². The summed E-state index contributed by atoms with van der Waals surface area (Å²) in [6, 6.07) is 4.78. The molecule has 0 bridgehead atoms. The highest BCUT2D eigenvalue weighted by atomic mass is 16.5. The van der Waals surface area contributed by atoms with E-state index in [2.05, 4.69) is 36.7 Å². The second-order valence-electron chi connectivity index (χ2n) is 5.72. The van der Waals surface area contributed by atoms with Crippen LogP contribution in [0.5, 0.6) is 0 Å². The number of morpholine rings is 1. The number of pyridine rings is 1. The predicted molar refractivity (Wildman–Crippen MR) is 83.0 cm³/mol. The normalized spacial score (nSPS) is 24.7. The molecule has 0 radical (unpaired) electrons. The number of anilines is 1. The fourth-order valence-corrected chi connectivity index (χ4v) is 2.72. The number of nitrogens with two attached hydrogens (primary N) is 1. The smallest absolute Gasteiger partial charge is 0.132 e. The highest BCUT2D eigenvalue weighted by Crippen LogP contribution is 2.25. The van der Waals surface area contributed by atoms with Crippen molar-refractivity contribution in [3.05, 3.63) is 23.9 Å². The Balaban J connectivity index is 2.25. The predicted octanol–water partition coefficient (Wildman–Crippen LogP) is 2.37. The zero-order valence-electron chi connectivity index (χ0n) is 12.9. The zero-order chi connectivity index (χ0) is 14.5. The Labute approximate surface area is 122 Å². The minimum Gasteiger partial charge on any atom is -0.375 e. The summed E-state index contributed by atoms with van der Waals surface area (Å²) in [4.78, 5) is 7.05. The zero-order valence-corrected chi connectivity index (χ0v) is 12.9. The van der Waals surface area contributed by atoms with Gasteiger partial charge in [0.2, 0.25) is 0 Å². The van der Waals surface area contributed by atoms with Gasteiger partial charge in [0.25, 0.3) is 0 Å². The summed E-state index contributed by atoms with van der Waals surface area (Å²) in [6.07, 6.45) is 5.09. The number of hydrogen-bond donors (Lipinski definition) is 1. The van der Waals surface area contributed by atoms with Gasteiger partial charge in [0.05, 0.1) is 18.8 Å². The average molecular weight is 277 g/mol. The van der Waals surface area contributed by atoms with Gasteiger partial charge in [-0.2, -0.15) is 0 Å². The van der Waals surface area contributed by atoms with Crippen LogP contribution in [0.1, 0.15) is 39.2 Å². The van der Waals surface area contributed by atoms with Gasteiger partial charge in [-0.05, 0) is 37.8 Å². The van der Waals surface area contributed by atoms with Gasteiger partial charge < -0.3 is 15.4 Å². The van der Waals surface area contributed by atoms with Gasteiger partial charge in [-0.3, -0.25) is 0 Å². The molecule has 0 aliphatic carbocycles. The lowest BCUT2D eigenvalue weighted by atomic mass is 10.0. The Morgan fingerprint density at radius 3 is 3.00 bits per heavy atom. The van der Waals surface area contributed by atoms with E-state index in [1.165, 1.54) is 5.56 Å². The summed E-state index contributed by atoms with van der Waals surface area (Å²) >= 11 is 0. The first kappa shape index (κ1) is 15.3. The molecule has 1 saturated heterocycles. The highest BCUT2D eigenvalue weighted by Gasteiger charge is 2.28. The Hall–Kier alpha value is -1.13. The van der Waals surface area contributed by atoms with Gasteiger partial charge in [0.1, 0.15) is 5.82 Å². The van der Waals surface area contributed by atoms with Crippen LogP contribution >= 0.6 is 0 Å². The van der Waals surface area contributed by atoms with Crippen molar-refractivity contribution in [2.75, 3.05) is 18.1 Å². The van der Waals surface area contributed by atoms with Gasteiger partial charge in [-0.25, -0.2) is 4.98 Å². The maximum absolute atomic E-state index is 6.13. The minimum atomic E-state index is 0.205. The molecule has 20 heavy (non-hydrogen) atoms. The highest BCUT2D eigenvalue weighted by molar-refractivity contribution is 5.48. The lowest BCUT2D eigenvalue weighted by Crippen LogP contribution is -2.49. The van der Waals surface area contributed by atoms with Crippen molar-refractivity contribution in [1.82, 2.24) is 4.98 Å². The van der Waals surface area contributed by atoms with E-state index in [1.807, 2.05) is 12.3 Å². The monoisotopic (exact) mass is 277 g/mol. The third-order valence-electron chi connectivity index (χ3n) is 4.08. The maximum Gasteiger partial charge on any atom is 0.132 e. The first-order valence-electron chi connectivity index (χ1n) is 7.73. The van der Waals surface area contributed by atoms with Gasteiger partial charge in [0, 0.05) is 18.8 Å². The van der Waals surface area contributed by atoms with E-state index in [0.29, 0.717) is 6.04 Å². The number of ether oxygens (including phenoxy) is 1. The molecule has 0 aromatic carbocycles. The van der Waals surface area contributed by atoms with E-state index in [1.54, 1.807) is 0 Å². The Bertz CT molecular complexity index is 424. The molecule has 1 aromatic rings. The maximum atomic E-state index is 6.13. The molecule has 3 atom stereocenters. The number of hydrogen-bond acceptors (Lipinski definition) is 4. The van der Waals surface area contributed by atoms with Crippen LogP contribution in [0.15, 0.2) is 18.3 Å². The summed E-state index contributed by atoms with van der Waals surface area (Å²) < 4.78 is 5.78. The van der Waals surface area contributed by atoms with Crippen LogP contribution in [-0.2, 0) is 11.2 Å². The van der Waals surface area contributed by atoms with Gasteiger partial charge in [0.15, 0.2) is 0 Å². The van der Waals surface area contributed by atoms with Crippen molar-refractivity contribution in [3.63, 3.8) is 0 Å². The number of rotatable bonds is 5. The van der Waals surface area contributed by atoms with Crippen molar-refractivity contribution >= 4 is 5.82 Å². The lowest BCUT2D eigenvalue weighted by Gasteiger charge is -2.40. The molecule has 112 valence electrons. The largest absolute Gasteiger partial charge is 0.375 e. The molecule has 1 aliphatic rings. The molecular formula is C16H27N3O. The molecule has 4 nitrogen and oxygen atoms in total.